The Kier molecular flexibility index (Phi) is 7.99. The summed E-state index contributed by atoms with van der Waals surface area (Å²) in [7, 11) is 2.78. The van der Waals surface area contributed by atoms with Crippen molar-refractivity contribution in [2.24, 2.45) is 0 Å². The molecule has 0 bridgehead atoms. The molecule has 0 amide bonds. The molecule has 0 aliphatic rings. The topological polar surface area (TPSA) is 84.0 Å². The number of aromatic nitrogens is 1. The molecule has 0 spiro atoms. The monoisotopic (exact) mass is 453 g/mol. The Bertz CT molecular complexity index is 1120. The first-order valence-electron chi connectivity index (χ1n) is 9.85. The number of esters is 2. The highest BCUT2D eigenvalue weighted by molar-refractivity contribution is 7.13. The summed E-state index contributed by atoms with van der Waals surface area (Å²) in [5.41, 5.74) is 2.19. The van der Waals surface area contributed by atoms with Gasteiger partial charge in [0.05, 0.1) is 38.5 Å². The molecule has 166 valence electrons. The van der Waals surface area contributed by atoms with E-state index in [4.69, 9.17) is 14.2 Å². The van der Waals surface area contributed by atoms with E-state index < -0.39 is 11.9 Å². The van der Waals surface area contributed by atoms with Crippen molar-refractivity contribution in [2.45, 2.75) is 13.3 Å². The van der Waals surface area contributed by atoms with Crippen LogP contribution >= 0.6 is 11.3 Å². The fourth-order valence-corrected chi connectivity index (χ4v) is 3.70. The predicted octanol–water partition coefficient (Wildman–Crippen LogP) is 4.55. The number of carbonyl (C=O) groups excluding carboxylic acids is 2. The molecule has 8 heteroatoms. The highest BCUT2D eigenvalue weighted by Gasteiger charge is 2.15. The molecule has 0 aliphatic heterocycles. The van der Waals surface area contributed by atoms with Gasteiger partial charge >= 0.3 is 11.9 Å². The summed E-state index contributed by atoms with van der Waals surface area (Å²) in [6.07, 6.45) is 2.89. The van der Waals surface area contributed by atoms with E-state index in [2.05, 4.69) is 9.72 Å². The van der Waals surface area contributed by atoms with Crippen LogP contribution in [0.5, 0.6) is 17.2 Å². The van der Waals surface area contributed by atoms with Crippen LogP contribution in [0.4, 0.5) is 0 Å². The maximum absolute atomic E-state index is 12.5. The van der Waals surface area contributed by atoms with E-state index in [0.29, 0.717) is 23.6 Å². The summed E-state index contributed by atoms with van der Waals surface area (Å²) < 4.78 is 21.0. The third-order valence-corrected chi connectivity index (χ3v) is 5.24. The van der Waals surface area contributed by atoms with Crippen LogP contribution in [0.25, 0.3) is 16.6 Å². The van der Waals surface area contributed by atoms with Crippen LogP contribution in [0.3, 0.4) is 0 Å². The Labute approximate surface area is 190 Å². The smallest absolute Gasteiger partial charge is 0.330 e. The Balaban J connectivity index is 1.69. The number of hydrogen-bond donors (Lipinski definition) is 0. The fraction of sp³-hybridized carbons (Fsp3) is 0.208. The largest absolute Gasteiger partial charge is 0.493 e. The molecule has 0 radical (unpaired) electrons. The minimum absolute atomic E-state index is 0.0143. The number of methoxy groups -OCH3 is 2. The predicted molar refractivity (Wildman–Crippen MR) is 122 cm³/mol. The van der Waals surface area contributed by atoms with Crippen molar-refractivity contribution in [1.29, 1.82) is 0 Å². The van der Waals surface area contributed by atoms with E-state index in [1.807, 2.05) is 36.6 Å². The maximum Gasteiger partial charge on any atom is 0.330 e. The molecule has 0 fully saturated rings. The van der Waals surface area contributed by atoms with Crippen LogP contribution in [-0.2, 0) is 20.7 Å². The second-order valence-corrected chi connectivity index (χ2v) is 7.35. The average molecular weight is 454 g/mol. The lowest BCUT2D eigenvalue weighted by molar-refractivity contribution is -0.135. The van der Waals surface area contributed by atoms with Crippen LogP contribution < -0.4 is 14.2 Å². The summed E-state index contributed by atoms with van der Waals surface area (Å²) in [6.45, 7) is 2.48. The molecular weight excluding hydrogens is 430 g/mol. The minimum atomic E-state index is -0.467. The summed E-state index contributed by atoms with van der Waals surface area (Å²) in [4.78, 5) is 28.3. The normalized spacial score (nSPS) is 10.7. The summed E-state index contributed by atoms with van der Waals surface area (Å²) in [5, 5.41) is 2.60. The number of rotatable bonds is 9. The Morgan fingerprint density at radius 3 is 2.62 bits per heavy atom. The number of hydrogen-bond acceptors (Lipinski definition) is 8. The van der Waals surface area contributed by atoms with Crippen LogP contribution in [-0.4, -0.2) is 37.7 Å². The first-order valence-corrected chi connectivity index (χ1v) is 10.7. The number of ether oxygens (including phenoxy) is 4. The Hall–Kier alpha value is -3.65. The summed E-state index contributed by atoms with van der Waals surface area (Å²) >= 11 is 1.44. The number of thiazole rings is 1. The van der Waals surface area contributed by atoms with E-state index in [-0.39, 0.29) is 12.2 Å². The first-order chi connectivity index (χ1) is 15.5. The first kappa shape index (κ1) is 23.0. The van der Waals surface area contributed by atoms with Gasteiger partial charge in [0, 0.05) is 11.5 Å². The van der Waals surface area contributed by atoms with Gasteiger partial charge in [-0.05, 0) is 42.8 Å². The molecule has 7 nitrogen and oxygen atoms in total. The molecule has 0 atom stereocenters. The van der Waals surface area contributed by atoms with Gasteiger partial charge in [0.25, 0.3) is 0 Å². The third-order valence-electron chi connectivity index (χ3n) is 4.32. The average Bonchev–Trinajstić information content (AvgIpc) is 3.26. The van der Waals surface area contributed by atoms with Gasteiger partial charge < -0.3 is 18.9 Å². The van der Waals surface area contributed by atoms with Gasteiger partial charge in [-0.15, -0.1) is 11.3 Å². The van der Waals surface area contributed by atoms with Crippen molar-refractivity contribution in [3.8, 4) is 27.8 Å². The van der Waals surface area contributed by atoms with Crippen LogP contribution in [0.1, 0.15) is 18.2 Å². The van der Waals surface area contributed by atoms with Crippen molar-refractivity contribution in [3.05, 3.63) is 65.2 Å². The molecule has 1 heterocycles. The lowest BCUT2D eigenvalue weighted by atomic mass is 10.2. The molecule has 0 aliphatic carbocycles. The van der Waals surface area contributed by atoms with Crippen molar-refractivity contribution < 1.29 is 28.5 Å². The lowest BCUT2D eigenvalue weighted by Crippen LogP contribution is -2.12. The van der Waals surface area contributed by atoms with Crippen LogP contribution in [0.2, 0.25) is 0 Å². The molecule has 2 aromatic carbocycles. The van der Waals surface area contributed by atoms with Crippen molar-refractivity contribution >= 4 is 29.4 Å². The molecule has 0 N–H and O–H groups in total. The molecule has 1 aromatic heterocycles. The molecule has 0 saturated heterocycles. The standard InChI is InChI=1S/C24H23NO6S/c1-4-30-19-8-6-5-7-18(19)24-25-17(15-32-24)14-23(27)31-20-11-9-16(13-21(20)28-2)10-12-22(26)29-3/h5-13,15H,4,14H2,1-3H3/b12-10+. The molecule has 32 heavy (non-hydrogen) atoms. The second-order valence-electron chi connectivity index (χ2n) is 6.49. The van der Waals surface area contributed by atoms with Crippen molar-refractivity contribution in [1.82, 2.24) is 4.98 Å². The number of para-hydroxylation sites is 1. The van der Waals surface area contributed by atoms with E-state index in [1.165, 1.54) is 31.6 Å². The number of carbonyl (C=O) groups is 2. The highest BCUT2D eigenvalue weighted by Crippen LogP contribution is 2.33. The summed E-state index contributed by atoms with van der Waals surface area (Å²) in [6, 6.07) is 12.6. The van der Waals surface area contributed by atoms with Crippen molar-refractivity contribution in [2.75, 3.05) is 20.8 Å². The lowest BCUT2D eigenvalue weighted by Gasteiger charge is -2.09. The van der Waals surface area contributed by atoms with E-state index in [9.17, 15) is 9.59 Å². The van der Waals surface area contributed by atoms with Gasteiger partial charge in [0.2, 0.25) is 0 Å². The number of benzene rings is 2. The molecule has 0 saturated carbocycles. The molecular formula is C24H23NO6S. The van der Waals surface area contributed by atoms with E-state index in [0.717, 1.165) is 16.3 Å². The zero-order chi connectivity index (χ0) is 22.9. The van der Waals surface area contributed by atoms with Gasteiger partial charge in [-0.2, -0.15) is 0 Å². The van der Waals surface area contributed by atoms with Gasteiger partial charge in [-0.3, -0.25) is 4.79 Å². The Morgan fingerprint density at radius 2 is 1.88 bits per heavy atom. The van der Waals surface area contributed by atoms with Gasteiger partial charge in [0.15, 0.2) is 11.5 Å². The van der Waals surface area contributed by atoms with Gasteiger partial charge in [0.1, 0.15) is 10.8 Å². The van der Waals surface area contributed by atoms with Crippen LogP contribution in [0, 0.1) is 0 Å². The van der Waals surface area contributed by atoms with E-state index in [1.54, 1.807) is 24.3 Å². The molecule has 0 unspecified atom stereocenters. The van der Waals surface area contributed by atoms with Gasteiger partial charge in [-0.25, -0.2) is 9.78 Å². The quantitative estimate of drug-likeness (QED) is 0.267. The molecule has 3 aromatic rings. The minimum Gasteiger partial charge on any atom is -0.493 e. The summed E-state index contributed by atoms with van der Waals surface area (Å²) in [5.74, 6) is 0.478. The number of nitrogens with zero attached hydrogens (tertiary/aromatic N) is 1. The van der Waals surface area contributed by atoms with Crippen LogP contribution in [0.15, 0.2) is 53.9 Å². The SMILES string of the molecule is CCOc1ccccc1-c1nc(CC(=O)Oc2ccc(/C=C/C(=O)OC)cc2OC)cs1. The third kappa shape index (κ3) is 5.95. The molecule has 3 rings (SSSR count). The zero-order valence-corrected chi connectivity index (χ0v) is 18.8. The second kappa shape index (κ2) is 11.1. The zero-order valence-electron chi connectivity index (χ0n) is 18.0. The fourth-order valence-electron chi connectivity index (χ4n) is 2.85. The Morgan fingerprint density at radius 1 is 1.06 bits per heavy atom. The van der Waals surface area contributed by atoms with E-state index >= 15 is 0 Å². The maximum atomic E-state index is 12.5. The van der Waals surface area contributed by atoms with Gasteiger partial charge in [-0.1, -0.05) is 18.2 Å². The van der Waals surface area contributed by atoms with Crippen molar-refractivity contribution in [3.63, 3.8) is 0 Å². The highest BCUT2D eigenvalue weighted by atomic mass is 32.1.